The van der Waals surface area contributed by atoms with Crippen molar-refractivity contribution >= 4 is 5.69 Å². The maximum atomic E-state index is 10.1. The van der Waals surface area contributed by atoms with Gasteiger partial charge in [0.15, 0.2) is 0 Å². The molecule has 0 amide bonds. The molecule has 3 nitrogen and oxygen atoms in total. The Morgan fingerprint density at radius 2 is 1.70 bits per heavy atom. The second-order valence-electron chi connectivity index (χ2n) is 5.19. The third-order valence-corrected chi connectivity index (χ3v) is 3.86. The van der Waals surface area contributed by atoms with Crippen LogP contribution in [0.3, 0.4) is 0 Å². The monoisotopic (exact) mass is 269 g/mol. The van der Waals surface area contributed by atoms with Gasteiger partial charge < -0.3 is 14.7 Å². The summed E-state index contributed by atoms with van der Waals surface area (Å²) >= 11 is 0. The van der Waals surface area contributed by atoms with Gasteiger partial charge in [-0.25, -0.2) is 0 Å². The molecule has 104 valence electrons. The summed E-state index contributed by atoms with van der Waals surface area (Å²) in [7, 11) is 1.64. The van der Waals surface area contributed by atoms with Gasteiger partial charge in [0.2, 0.25) is 0 Å². The van der Waals surface area contributed by atoms with Gasteiger partial charge in [0.05, 0.1) is 13.2 Å². The lowest BCUT2D eigenvalue weighted by molar-refractivity contribution is 0.194. The first kappa shape index (κ1) is 13.0. The zero-order valence-corrected chi connectivity index (χ0v) is 11.8. The number of ether oxygens (including phenoxy) is 1. The SMILES string of the molecule is COc1cccc(N2Cc3ccccc3C2)c1[C@H](C)O. The van der Waals surface area contributed by atoms with E-state index in [-0.39, 0.29) is 0 Å². The molecule has 1 aliphatic rings. The fourth-order valence-corrected chi connectivity index (χ4v) is 2.91. The zero-order chi connectivity index (χ0) is 14.1. The number of benzene rings is 2. The van der Waals surface area contributed by atoms with Gasteiger partial charge in [-0.2, -0.15) is 0 Å². The number of aliphatic hydroxyl groups is 1. The summed E-state index contributed by atoms with van der Waals surface area (Å²) < 4.78 is 5.40. The van der Waals surface area contributed by atoms with Crippen LogP contribution in [0.4, 0.5) is 5.69 Å². The minimum Gasteiger partial charge on any atom is -0.496 e. The molecule has 1 heterocycles. The third-order valence-electron chi connectivity index (χ3n) is 3.86. The van der Waals surface area contributed by atoms with E-state index in [4.69, 9.17) is 4.74 Å². The fourth-order valence-electron chi connectivity index (χ4n) is 2.91. The van der Waals surface area contributed by atoms with E-state index in [0.717, 1.165) is 30.1 Å². The zero-order valence-electron chi connectivity index (χ0n) is 11.8. The van der Waals surface area contributed by atoms with E-state index in [1.54, 1.807) is 14.0 Å². The van der Waals surface area contributed by atoms with E-state index < -0.39 is 6.10 Å². The summed E-state index contributed by atoms with van der Waals surface area (Å²) in [4.78, 5) is 2.29. The maximum Gasteiger partial charge on any atom is 0.126 e. The quantitative estimate of drug-likeness (QED) is 0.928. The van der Waals surface area contributed by atoms with Crippen LogP contribution in [0.25, 0.3) is 0 Å². The molecule has 3 rings (SSSR count). The molecule has 0 aromatic heterocycles. The van der Waals surface area contributed by atoms with Crippen LogP contribution in [0.15, 0.2) is 42.5 Å². The second kappa shape index (κ2) is 5.17. The lowest BCUT2D eigenvalue weighted by Crippen LogP contribution is -2.17. The number of nitrogens with zero attached hydrogens (tertiary/aromatic N) is 1. The van der Waals surface area contributed by atoms with Gasteiger partial charge in [-0.1, -0.05) is 30.3 Å². The summed E-state index contributed by atoms with van der Waals surface area (Å²) in [6.45, 7) is 3.54. The van der Waals surface area contributed by atoms with E-state index in [9.17, 15) is 5.11 Å². The van der Waals surface area contributed by atoms with Crippen LogP contribution >= 0.6 is 0 Å². The number of hydrogen-bond acceptors (Lipinski definition) is 3. The third kappa shape index (κ3) is 2.14. The number of methoxy groups -OCH3 is 1. The summed E-state index contributed by atoms with van der Waals surface area (Å²) in [6.07, 6.45) is -0.551. The minimum absolute atomic E-state index is 0.551. The molecule has 0 unspecified atom stereocenters. The molecule has 0 bridgehead atoms. The molecule has 3 heteroatoms. The van der Waals surface area contributed by atoms with Gasteiger partial charge in [0.25, 0.3) is 0 Å². The van der Waals surface area contributed by atoms with E-state index >= 15 is 0 Å². The van der Waals surface area contributed by atoms with Crippen molar-refractivity contribution in [2.75, 3.05) is 12.0 Å². The van der Waals surface area contributed by atoms with Crippen LogP contribution in [0.2, 0.25) is 0 Å². The molecule has 1 atom stereocenters. The van der Waals surface area contributed by atoms with Gasteiger partial charge in [0, 0.05) is 24.3 Å². The molecule has 1 aliphatic heterocycles. The predicted octanol–water partition coefficient (Wildman–Crippen LogP) is 3.27. The van der Waals surface area contributed by atoms with Crippen molar-refractivity contribution in [3.05, 3.63) is 59.2 Å². The van der Waals surface area contributed by atoms with Crippen LogP contribution in [-0.2, 0) is 13.1 Å². The Bertz CT molecular complexity index is 597. The smallest absolute Gasteiger partial charge is 0.126 e. The van der Waals surface area contributed by atoms with Crippen molar-refractivity contribution in [3.8, 4) is 5.75 Å². The Hall–Kier alpha value is -2.00. The first-order valence-electron chi connectivity index (χ1n) is 6.87. The van der Waals surface area contributed by atoms with Crippen LogP contribution in [0, 0.1) is 0 Å². The van der Waals surface area contributed by atoms with Crippen LogP contribution < -0.4 is 9.64 Å². The summed E-state index contributed by atoms with van der Waals surface area (Å²) in [5.41, 5.74) is 4.62. The molecule has 0 radical (unpaired) electrons. The van der Waals surface area contributed by atoms with Crippen molar-refractivity contribution < 1.29 is 9.84 Å². The average molecular weight is 269 g/mol. The minimum atomic E-state index is -0.551. The Labute approximate surface area is 119 Å². The molecular weight excluding hydrogens is 250 g/mol. The number of aliphatic hydroxyl groups excluding tert-OH is 1. The molecular formula is C17H19NO2. The van der Waals surface area contributed by atoms with E-state index in [1.165, 1.54) is 11.1 Å². The van der Waals surface area contributed by atoms with Crippen LogP contribution in [0.5, 0.6) is 5.75 Å². The molecule has 2 aromatic carbocycles. The van der Waals surface area contributed by atoms with Crippen molar-refractivity contribution in [1.29, 1.82) is 0 Å². The van der Waals surface area contributed by atoms with Crippen molar-refractivity contribution in [2.45, 2.75) is 26.1 Å². The van der Waals surface area contributed by atoms with Crippen molar-refractivity contribution in [1.82, 2.24) is 0 Å². The number of anilines is 1. The molecule has 1 N–H and O–H groups in total. The molecule has 0 spiro atoms. The highest BCUT2D eigenvalue weighted by Crippen LogP contribution is 2.38. The summed E-state index contributed by atoms with van der Waals surface area (Å²) in [6, 6.07) is 14.4. The summed E-state index contributed by atoms with van der Waals surface area (Å²) in [5, 5.41) is 10.1. The topological polar surface area (TPSA) is 32.7 Å². The van der Waals surface area contributed by atoms with Crippen LogP contribution in [-0.4, -0.2) is 12.2 Å². The lowest BCUT2D eigenvalue weighted by Gasteiger charge is -2.24. The second-order valence-corrected chi connectivity index (χ2v) is 5.19. The lowest BCUT2D eigenvalue weighted by atomic mass is 10.1. The van der Waals surface area contributed by atoms with Gasteiger partial charge in [-0.15, -0.1) is 0 Å². The van der Waals surface area contributed by atoms with E-state index in [2.05, 4.69) is 35.2 Å². The predicted molar refractivity (Wildman–Crippen MR) is 80.0 cm³/mol. The molecule has 0 aliphatic carbocycles. The highest BCUT2D eigenvalue weighted by atomic mass is 16.5. The fraction of sp³-hybridized carbons (Fsp3) is 0.294. The Balaban J connectivity index is 2.00. The number of fused-ring (bicyclic) bond motifs is 1. The average Bonchev–Trinajstić information content (AvgIpc) is 2.90. The van der Waals surface area contributed by atoms with Gasteiger partial charge in [0.1, 0.15) is 5.75 Å². The molecule has 0 saturated carbocycles. The molecule has 0 saturated heterocycles. The van der Waals surface area contributed by atoms with Gasteiger partial charge in [-0.3, -0.25) is 0 Å². The van der Waals surface area contributed by atoms with Crippen LogP contribution in [0.1, 0.15) is 29.7 Å². The normalized spacial score (nSPS) is 15.1. The van der Waals surface area contributed by atoms with Crippen molar-refractivity contribution in [2.24, 2.45) is 0 Å². The van der Waals surface area contributed by atoms with E-state index in [0.29, 0.717) is 0 Å². The maximum absolute atomic E-state index is 10.1. The molecule has 0 fully saturated rings. The van der Waals surface area contributed by atoms with Gasteiger partial charge >= 0.3 is 0 Å². The van der Waals surface area contributed by atoms with Gasteiger partial charge in [-0.05, 0) is 30.2 Å². The summed E-state index contributed by atoms with van der Waals surface area (Å²) in [5.74, 6) is 0.744. The Morgan fingerprint density at radius 1 is 1.05 bits per heavy atom. The molecule has 2 aromatic rings. The van der Waals surface area contributed by atoms with Crippen molar-refractivity contribution in [3.63, 3.8) is 0 Å². The highest BCUT2D eigenvalue weighted by molar-refractivity contribution is 5.62. The van der Waals surface area contributed by atoms with E-state index in [1.807, 2.05) is 12.1 Å². The first-order chi connectivity index (χ1) is 9.70. The first-order valence-corrected chi connectivity index (χ1v) is 6.87. The standard InChI is InChI=1S/C17H19NO2/c1-12(19)17-15(8-5-9-16(17)20-2)18-10-13-6-3-4-7-14(13)11-18/h3-9,12,19H,10-11H2,1-2H3/t12-/m0/s1. The largest absolute Gasteiger partial charge is 0.496 e. The Kier molecular flexibility index (Phi) is 3.36. The molecule has 20 heavy (non-hydrogen) atoms. The number of rotatable bonds is 3. The number of hydrogen-bond donors (Lipinski definition) is 1. The Morgan fingerprint density at radius 3 is 2.25 bits per heavy atom. The highest BCUT2D eigenvalue weighted by Gasteiger charge is 2.23.